The van der Waals surface area contributed by atoms with Crippen molar-refractivity contribution in [2.24, 2.45) is 5.73 Å². The van der Waals surface area contributed by atoms with Gasteiger partial charge in [0.25, 0.3) is 0 Å². The van der Waals surface area contributed by atoms with E-state index in [2.05, 4.69) is 6.92 Å². The molecule has 2 N–H and O–H groups in total. The third-order valence-corrected chi connectivity index (χ3v) is 3.32. The Morgan fingerprint density at radius 3 is 1.95 bits per heavy atom. The predicted molar refractivity (Wildman–Crippen MR) is 72.8 cm³/mol. The quantitative estimate of drug-likeness (QED) is 0.844. The highest BCUT2D eigenvalue weighted by Crippen LogP contribution is 2.21. The van der Waals surface area contributed by atoms with E-state index >= 15 is 0 Å². The zero-order chi connectivity index (χ0) is 14.7. The van der Waals surface area contributed by atoms with Crippen molar-refractivity contribution in [3.63, 3.8) is 0 Å². The molecule has 0 bridgehead atoms. The van der Waals surface area contributed by atoms with E-state index in [1.54, 1.807) is 0 Å². The third kappa shape index (κ3) is 3.20. The SMILES string of the molecule is CCc1ccc(CC(N)c2cc(F)c(F)c(F)c2)cc1. The maximum Gasteiger partial charge on any atom is 0.194 e. The molecule has 0 aliphatic carbocycles. The Kier molecular flexibility index (Phi) is 4.45. The number of nitrogens with two attached hydrogens (primary N) is 1. The van der Waals surface area contributed by atoms with Crippen LogP contribution in [-0.4, -0.2) is 0 Å². The van der Waals surface area contributed by atoms with Crippen molar-refractivity contribution < 1.29 is 13.2 Å². The largest absolute Gasteiger partial charge is 0.324 e. The van der Waals surface area contributed by atoms with E-state index in [1.165, 1.54) is 5.56 Å². The highest BCUT2D eigenvalue weighted by Gasteiger charge is 2.15. The van der Waals surface area contributed by atoms with E-state index in [-0.39, 0.29) is 5.56 Å². The fourth-order valence-electron chi connectivity index (χ4n) is 2.07. The Hall–Kier alpha value is -1.81. The van der Waals surface area contributed by atoms with E-state index in [9.17, 15) is 13.2 Å². The minimum absolute atomic E-state index is 0.251. The molecule has 0 radical (unpaired) electrons. The molecule has 0 aliphatic heterocycles. The summed E-state index contributed by atoms with van der Waals surface area (Å²) in [7, 11) is 0. The van der Waals surface area contributed by atoms with Crippen LogP contribution in [-0.2, 0) is 12.8 Å². The van der Waals surface area contributed by atoms with Crippen molar-refractivity contribution in [3.05, 3.63) is 70.5 Å². The van der Waals surface area contributed by atoms with Crippen molar-refractivity contribution in [1.29, 1.82) is 0 Å². The van der Waals surface area contributed by atoms with Gasteiger partial charge in [0.1, 0.15) is 0 Å². The fourth-order valence-corrected chi connectivity index (χ4v) is 2.07. The second-order valence-corrected chi connectivity index (χ2v) is 4.78. The Balaban J connectivity index is 2.16. The highest BCUT2D eigenvalue weighted by molar-refractivity contribution is 5.27. The molecule has 1 nitrogen and oxygen atoms in total. The Labute approximate surface area is 116 Å². The lowest BCUT2D eigenvalue weighted by atomic mass is 9.98. The summed E-state index contributed by atoms with van der Waals surface area (Å²) in [5, 5.41) is 0. The molecule has 0 amide bonds. The molecule has 106 valence electrons. The molecule has 0 aliphatic rings. The smallest absolute Gasteiger partial charge is 0.194 e. The average molecular weight is 279 g/mol. The lowest BCUT2D eigenvalue weighted by Gasteiger charge is -2.13. The van der Waals surface area contributed by atoms with Crippen molar-refractivity contribution >= 4 is 0 Å². The van der Waals surface area contributed by atoms with Crippen molar-refractivity contribution in [2.45, 2.75) is 25.8 Å². The monoisotopic (exact) mass is 279 g/mol. The molecule has 2 aromatic rings. The second kappa shape index (κ2) is 6.09. The number of rotatable bonds is 4. The van der Waals surface area contributed by atoms with Crippen LogP contribution in [0, 0.1) is 17.5 Å². The van der Waals surface area contributed by atoms with Crippen LogP contribution >= 0.6 is 0 Å². The minimum atomic E-state index is -1.46. The molecule has 0 saturated heterocycles. The molecule has 0 saturated carbocycles. The Bertz CT molecular complexity index is 570. The molecular formula is C16H16F3N. The third-order valence-electron chi connectivity index (χ3n) is 3.32. The number of hydrogen-bond acceptors (Lipinski definition) is 1. The molecule has 1 unspecified atom stereocenters. The number of hydrogen-bond donors (Lipinski definition) is 1. The lowest BCUT2D eigenvalue weighted by Crippen LogP contribution is -2.14. The summed E-state index contributed by atoms with van der Waals surface area (Å²) in [6, 6.07) is 9.19. The van der Waals surface area contributed by atoms with Crippen LogP contribution in [0.4, 0.5) is 13.2 Å². The van der Waals surface area contributed by atoms with Gasteiger partial charge in [0.2, 0.25) is 0 Å². The van der Waals surface area contributed by atoms with Crippen LogP contribution in [0.25, 0.3) is 0 Å². The average Bonchev–Trinajstić information content (AvgIpc) is 2.45. The molecule has 0 heterocycles. The summed E-state index contributed by atoms with van der Waals surface area (Å²) in [6.45, 7) is 2.06. The number of aryl methyl sites for hydroxylation is 1. The molecule has 4 heteroatoms. The zero-order valence-electron chi connectivity index (χ0n) is 11.2. The Morgan fingerprint density at radius 2 is 1.45 bits per heavy atom. The van der Waals surface area contributed by atoms with Gasteiger partial charge in [-0.25, -0.2) is 13.2 Å². The van der Waals surface area contributed by atoms with Gasteiger partial charge in [0.05, 0.1) is 0 Å². The van der Waals surface area contributed by atoms with Crippen LogP contribution in [0.1, 0.15) is 29.7 Å². The summed E-state index contributed by atoms with van der Waals surface area (Å²) in [6.07, 6.45) is 1.38. The predicted octanol–water partition coefficient (Wildman–Crippen LogP) is 3.91. The molecular weight excluding hydrogens is 263 g/mol. The van der Waals surface area contributed by atoms with Gasteiger partial charge < -0.3 is 5.73 Å². The summed E-state index contributed by atoms with van der Waals surface area (Å²) in [5.74, 6) is -3.89. The van der Waals surface area contributed by atoms with E-state index in [1.807, 2.05) is 24.3 Å². The zero-order valence-corrected chi connectivity index (χ0v) is 11.2. The minimum Gasteiger partial charge on any atom is -0.324 e. The van der Waals surface area contributed by atoms with Gasteiger partial charge in [0, 0.05) is 6.04 Å². The highest BCUT2D eigenvalue weighted by atomic mass is 19.2. The first-order valence-electron chi connectivity index (χ1n) is 6.49. The molecule has 0 fully saturated rings. The molecule has 2 aromatic carbocycles. The first kappa shape index (κ1) is 14.6. The number of benzene rings is 2. The maximum atomic E-state index is 13.2. The van der Waals surface area contributed by atoms with Crippen molar-refractivity contribution in [1.82, 2.24) is 0 Å². The van der Waals surface area contributed by atoms with Gasteiger partial charge in [-0.05, 0) is 41.7 Å². The molecule has 0 aromatic heterocycles. The van der Waals surface area contributed by atoms with Crippen LogP contribution in [0.5, 0.6) is 0 Å². The topological polar surface area (TPSA) is 26.0 Å². The Morgan fingerprint density at radius 1 is 0.950 bits per heavy atom. The van der Waals surface area contributed by atoms with Crippen LogP contribution < -0.4 is 5.73 Å². The van der Waals surface area contributed by atoms with Gasteiger partial charge in [-0.2, -0.15) is 0 Å². The van der Waals surface area contributed by atoms with E-state index in [0.717, 1.165) is 24.1 Å². The van der Waals surface area contributed by atoms with Crippen molar-refractivity contribution in [2.75, 3.05) is 0 Å². The van der Waals surface area contributed by atoms with Gasteiger partial charge in [-0.15, -0.1) is 0 Å². The van der Waals surface area contributed by atoms with E-state index in [0.29, 0.717) is 6.42 Å². The van der Waals surface area contributed by atoms with E-state index < -0.39 is 23.5 Å². The van der Waals surface area contributed by atoms with Gasteiger partial charge in [-0.3, -0.25) is 0 Å². The fraction of sp³-hybridized carbons (Fsp3) is 0.250. The normalized spacial score (nSPS) is 12.4. The molecule has 0 spiro atoms. The standard InChI is InChI=1S/C16H16F3N/c1-2-10-3-5-11(6-4-10)7-15(20)12-8-13(17)16(19)14(18)9-12/h3-6,8-9,15H,2,7,20H2,1H3. The van der Waals surface area contributed by atoms with Crippen LogP contribution in [0.3, 0.4) is 0 Å². The van der Waals surface area contributed by atoms with Crippen LogP contribution in [0.15, 0.2) is 36.4 Å². The first-order chi connectivity index (χ1) is 9.51. The van der Waals surface area contributed by atoms with Gasteiger partial charge in [0.15, 0.2) is 17.5 Å². The second-order valence-electron chi connectivity index (χ2n) is 4.78. The summed E-state index contributed by atoms with van der Waals surface area (Å²) in [4.78, 5) is 0. The number of halogens is 3. The lowest BCUT2D eigenvalue weighted by molar-refractivity contribution is 0.443. The summed E-state index contributed by atoms with van der Waals surface area (Å²) < 4.78 is 39.2. The molecule has 2 rings (SSSR count). The van der Waals surface area contributed by atoms with E-state index in [4.69, 9.17) is 5.73 Å². The van der Waals surface area contributed by atoms with Crippen molar-refractivity contribution in [3.8, 4) is 0 Å². The maximum absolute atomic E-state index is 13.2. The van der Waals surface area contributed by atoms with Gasteiger partial charge >= 0.3 is 0 Å². The summed E-state index contributed by atoms with van der Waals surface area (Å²) in [5.41, 5.74) is 8.36. The first-order valence-corrected chi connectivity index (χ1v) is 6.49. The molecule has 20 heavy (non-hydrogen) atoms. The van der Waals surface area contributed by atoms with Gasteiger partial charge in [-0.1, -0.05) is 31.2 Å². The summed E-state index contributed by atoms with van der Waals surface area (Å²) >= 11 is 0. The molecule has 1 atom stereocenters. The van der Waals surface area contributed by atoms with Crippen LogP contribution in [0.2, 0.25) is 0 Å².